The zero-order valence-corrected chi connectivity index (χ0v) is 18.2. The molecule has 0 spiro atoms. The van der Waals surface area contributed by atoms with Crippen LogP contribution in [-0.4, -0.2) is 19.7 Å². The molecule has 0 bridgehead atoms. The van der Waals surface area contributed by atoms with Gasteiger partial charge in [0.25, 0.3) is 0 Å². The first-order valence-electron chi connectivity index (χ1n) is 10.9. The van der Waals surface area contributed by atoms with E-state index in [9.17, 15) is 0 Å². The summed E-state index contributed by atoms with van der Waals surface area (Å²) in [5, 5.41) is 9.34. The highest BCUT2D eigenvalue weighted by atomic mass is 19.1. The van der Waals surface area contributed by atoms with Crippen LogP contribution < -0.4 is 16.8 Å². The molecule has 1 aromatic carbocycles. The molecule has 0 radical (unpaired) electrons. The largest absolute Gasteiger partial charge is 0.397 e. The van der Waals surface area contributed by atoms with Crippen LogP contribution in [0.4, 0.5) is 27.4 Å². The van der Waals surface area contributed by atoms with Crippen LogP contribution in [0.15, 0.2) is 36.8 Å². The Labute approximate surface area is 185 Å². The molecule has 0 saturated heterocycles. The second kappa shape index (κ2) is 7.78. The van der Waals surface area contributed by atoms with Crippen molar-refractivity contribution in [2.75, 3.05) is 16.8 Å². The number of nitrogens with one attached hydrogen (secondary N) is 1. The van der Waals surface area contributed by atoms with Crippen molar-refractivity contribution in [2.24, 2.45) is 0 Å². The summed E-state index contributed by atoms with van der Waals surface area (Å²) in [6.07, 6.45) is 8.29. The van der Waals surface area contributed by atoms with Crippen LogP contribution in [0.1, 0.15) is 43.4 Å². The zero-order chi connectivity index (χ0) is 22.4. The minimum absolute atomic E-state index is 0.0564. The number of nitrogens with two attached hydrogens (primary N) is 2. The van der Waals surface area contributed by atoms with Gasteiger partial charge in [0, 0.05) is 47.2 Å². The van der Waals surface area contributed by atoms with Crippen molar-refractivity contribution >= 4 is 33.8 Å². The van der Waals surface area contributed by atoms with Gasteiger partial charge in [-0.1, -0.05) is 13.3 Å². The maximum absolute atomic E-state index is 15.1. The smallest absolute Gasteiger partial charge is 0.154 e. The molecule has 8 heteroatoms. The van der Waals surface area contributed by atoms with Gasteiger partial charge in [-0.2, -0.15) is 5.10 Å². The lowest BCUT2D eigenvalue weighted by Gasteiger charge is -2.13. The van der Waals surface area contributed by atoms with Gasteiger partial charge >= 0.3 is 0 Å². The quantitative estimate of drug-likeness (QED) is 0.388. The van der Waals surface area contributed by atoms with E-state index < -0.39 is 5.82 Å². The third kappa shape index (κ3) is 3.41. The number of aryl methyl sites for hydroxylation is 1. The summed E-state index contributed by atoms with van der Waals surface area (Å²) in [7, 11) is 0. The van der Waals surface area contributed by atoms with Crippen LogP contribution in [0.5, 0.6) is 0 Å². The van der Waals surface area contributed by atoms with Gasteiger partial charge in [0.2, 0.25) is 0 Å². The van der Waals surface area contributed by atoms with Gasteiger partial charge in [-0.3, -0.25) is 9.67 Å². The maximum atomic E-state index is 15.1. The summed E-state index contributed by atoms with van der Waals surface area (Å²) < 4.78 is 17.2. The topological polar surface area (TPSA) is 108 Å². The van der Waals surface area contributed by atoms with E-state index >= 15 is 4.39 Å². The SMILES string of the molecule is Cc1c(N)cncc1-c1cc2cc(Nc3cc4n(n3)CCCCC4C)ncc2c(N)c1F. The molecule has 5 N–H and O–H groups in total. The standard InChI is InChI=1S/C24H26FN7/c1-13-5-3-4-6-32-20(13)9-22(31-32)30-21-8-15-7-16(17-10-28-12-19(26)14(17)2)23(25)24(27)18(15)11-29-21/h7-13H,3-6,26-27H2,1-2H3,(H,29,30,31). The first kappa shape index (κ1) is 20.2. The van der Waals surface area contributed by atoms with E-state index in [1.54, 1.807) is 24.7 Å². The van der Waals surface area contributed by atoms with E-state index in [-0.39, 0.29) is 5.69 Å². The Balaban J connectivity index is 1.55. The van der Waals surface area contributed by atoms with E-state index in [1.165, 1.54) is 18.5 Å². The van der Waals surface area contributed by atoms with E-state index in [2.05, 4.69) is 33.0 Å². The van der Waals surface area contributed by atoms with Crippen LogP contribution in [0.25, 0.3) is 21.9 Å². The van der Waals surface area contributed by atoms with Gasteiger partial charge < -0.3 is 16.8 Å². The fraction of sp³-hybridized carbons (Fsp3) is 0.292. The van der Waals surface area contributed by atoms with Gasteiger partial charge in [-0.25, -0.2) is 9.37 Å². The van der Waals surface area contributed by atoms with Crippen LogP contribution in [0.3, 0.4) is 0 Å². The van der Waals surface area contributed by atoms with Crippen molar-refractivity contribution in [1.29, 1.82) is 0 Å². The Hall–Kier alpha value is -3.68. The molecule has 0 fully saturated rings. The normalized spacial score (nSPS) is 16.0. The average Bonchev–Trinajstić information content (AvgIpc) is 3.10. The average molecular weight is 432 g/mol. The van der Waals surface area contributed by atoms with Crippen molar-refractivity contribution in [3.63, 3.8) is 0 Å². The van der Waals surface area contributed by atoms with E-state index in [1.807, 2.05) is 13.0 Å². The van der Waals surface area contributed by atoms with Crippen molar-refractivity contribution in [1.82, 2.24) is 19.7 Å². The molecule has 4 aromatic rings. The number of hydrogen-bond donors (Lipinski definition) is 3. The fourth-order valence-corrected chi connectivity index (χ4v) is 4.43. The minimum Gasteiger partial charge on any atom is -0.397 e. The summed E-state index contributed by atoms with van der Waals surface area (Å²) in [5.74, 6) is 1.36. The number of nitrogen functional groups attached to an aromatic ring is 2. The lowest BCUT2D eigenvalue weighted by atomic mass is 9.97. The highest BCUT2D eigenvalue weighted by Crippen LogP contribution is 2.36. The molecule has 164 valence electrons. The summed E-state index contributed by atoms with van der Waals surface area (Å²) in [4.78, 5) is 8.57. The van der Waals surface area contributed by atoms with Crippen LogP contribution in [0.2, 0.25) is 0 Å². The molecular weight excluding hydrogens is 405 g/mol. The first-order valence-corrected chi connectivity index (χ1v) is 10.9. The number of benzene rings is 1. The number of hydrogen-bond acceptors (Lipinski definition) is 6. The second-order valence-electron chi connectivity index (χ2n) is 8.54. The van der Waals surface area contributed by atoms with E-state index in [4.69, 9.17) is 16.6 Å². The molecule has 1 aliphatic rings. The summed E-state index contributed by atoms with van der Waals surface area (Å²) >= 11 is 0. The van der Waals surface area contributed by atoms with Gasteiger partial charge in [0.15, 0.2) is 11.6 Å². The van der Waals surface area contributed by atoms with Crippen LogP contribution >= 0.6 is 0 Å². The number of anilines is 4. The maximum Gasteiger partial charge on any atom is 0.154 e. The predicted molar refractivity (Wildman–Crippen MR) is 126 cm³/mol. The number of halogens is 1. The molecule has 0 amide bonds. The molecule has 3 aromatic heterocycles. The molecule has 1 atom stereocenters. The van der Waals surface area contributed by atoms with Crippen LogP contribution in [0, 0.1) is 12.7 Å². The molecule has 1 aliphatic heterocycles. The zero-order valence-electron chi connectivity index (χ0n) is 18.2. The lowest BCUT2D eigenvalue weighted by Crippen LogP contribution is -2.04. The van der Waals surface area contributed by atoms with Gasteiger partial charge in [-0.05, 0) is 48.8 Å². The monoisotopic (exact) mass is 431 g/mol. The van der Waals surface area contributed by atoms with E-state index in [0.29, 0.717) is 33.9 Å². The lowest BCUT2D eigenvalue weighted by molar-refractivity contribution is 0.577. The molecule has 0 saturated carbocycles. The van der Waals surface area contributed by atoms with Crippen molar-refractivity contribution in [3.05, 3.63) is 53.9 Å². The highest BCUT2D eigenvalue weighted by Gasteiger charge is 2.19. The van der Waals surface area contributed by atoms with Crippen molar-refractivity contribution < 1.29 is 4.39 Å². The second-order valence-corrected chi connectivity index (χ2v) is 8.54. The fourth-order valence-electron chi connectivity index (χ4n) is 4.43. The number of aromatic nitrogens is 4. The summed E-state index contributed by atoms with van der Waals surface area (Å²) in [5.41, 5.74) is 15.7. The van der Waals surface area contributed by atoms with Crippen LogP contribution in [-0.2, 0) is 6.54 Å². The van der Waals surface area contributed by atoms with Gasteiger partial charge in [-0.15, -0.1) is 0 Å². The molecule has 0 aliphatic carbocycles. The molecule has 4 heterocycles. The minimum atomic E-state index is -0.498. The molecule has 5 rings (SSSR count). The Kier molecular flexibility index (Phi) is 4.92. The third-order valence-electron chi connectivity index (χ3n) is 6.37. The number of fused-ring (bicyclic) bond motifs is 2. The number of nitrogens with zero attached hydrogens (tertiary/aromatic N) is 4. The van der Waals surface area contributed by atoms with Crippen molar-refractivity contribution in [3.8, 4) is 11.1 Å². The Morgan fingerprint density at radius 2 is 1.91 bits per heavy atom. The molecule has 7 nitrogen and oxygen atoms in total. The first-order chi connectivity index (χ1) is 15.4. The van der Waals surface area contributed by atoms with Crippen molar-refractivity contribution in [2.45, 2.75) is 45.6 Å². The molecule has 1 unspecified atom stereocenters. The third-order valence-corrected chi connectivity index (χ3v) is 6.37. The summed E-state index contributed by atoms with van der Waals surface area (Å²) in [6.45, 7) is 5.01. The Morgan fingerprint density at radius 3 is 2.75 bits per heavy atom. The van der Waals surface area contributed by atoms with Gasteiger partial charge in [0.05, 0.1) is 17.6 Å². The number of rotatable bonds is 3. The summed E-state index contributed by atoms with van der Waals surface area (Å²) in [6, 6.07) is 5.72. The Morgan fingerprint density at radius 1 is 1.06 bits per heavy atom. The molecule has 32 heavy (non-hydrogen) atoms. The highest BCUT2D eigenvalue weighted by molar-refractivity contribution is 5.98. The number of pyridine rings is 2. The molecular formula is C24H26FN7. The van der Waals surface area contributed by atoms with Gasteiger partial charge in [0.1, 0.15) is 5.82 Å². The van der Waals surface area contributed by atoms with E-state index in [0.717, 1.165) is 29.7 Å². The predicted octanol–water partition coefficient (Wildman–Crippen LogP) is 5.14. The Bertz CT molecular complexity index is 1330.